The Bertz CT molecular complexity index is 984. The molecule has 10 heteroatoms. The standard InChI is InChI=1S/C19H21N7O3/c1-28-15-4-3-13(18(22-15)29-2)19(27)26-9-5-12(6-10-26)16-23-17(25-24-16)14-11-20-7-8-21-14/h3-4,7-8,11-12H,5-6,9-10H2,1-2H3,(H,23,24,25). The molecule has 0 aliphatic carbocycles. The molecule has 1 fully saturated rings. The summed E-state index contributed by atoms with van der Waals surface area (Å²) >= 11 is 0. The number of carbonyl (C=O) groups excluding carboxylic acids is 1. The van der Waals surface area contributed by atoms with E-state index in [0.717, 1.165) is 18.7 Å². The maximum Gasteiger partial charge on any atom is 0.259 e. The van der Waals surface area contributed by atoms with Crippen LogP contribution in [0.1, 0.15) is 34.9 Å². The first-order valence-corrected chi connectivity index (χ1v) is 9.26. The van der Waals surface area contributed by atoms with Crippen LogP contribution in [0.5, 0.6) is 11.8 Å². The fraction of sp³-hybridized carbons (Fsp3) is 0.368. The Morgan fingerprint density at radius 1 is 1.14 bits per heavy atom. The largest absolute Gasteiger partial charge is 0.481 e. The van der Waals surface area contributed by atoms with E-state index in [4.69, 9.17) is 9.47 Å². The molecule has 0 aromatic carbocycles. The van der Waals surface area contributed by atoms with Crippen LogP contribution in [0.15, 0.2) is 30.7 Å². The number of carbonyl (C=O) groups is 1. The van der Waals surface area contributed by atoms with Crippen molar-refractivity contribution >= 4 is 5.91 Å². The van der Waals surface area contributed by atoms with Gasteiger partial charge in [0.2, 0.25) is 17.6 Å². The van der Waals surface area contributed by atoms with E-state index in [0.29, 0.717) is 36.1 Å². The number of H-pyrrole nitrogens is 1. The molecule has 1 saturated heterocycles. The second kappa shape index (κ2) is 8.21. The summed E-state index contributed by atoms with van der Waals surface area (Å²) < 4.78 is 10.4. The Balaban J connectivity index is 1.42. The fourth-order valence-corrected chi connectivity index (χ4v) is 3.37. The van der Waals surface area contributed by atoms with Gasteiger partial charge in [0.15, 0.2) is 0 Å². The summed E-state index contributed by atoms with van der Waals surface area (Å²) in [4.78, 5) is 31.7. The number of hydrogen-bond donors (Lipinski definition) is 1. The third-order valence-corrected chi connectivity index (χ3v) is 4.93. The smallest absolute Gasteiger partial charge is 0.259 e. The van der Waals surface area contributed by atoms with Crippen molar-refractivity contribution in [2.75, 3.05) is 27.3 Å². The minimum Gasteiger partial charge on any atom is -0.481 e. The summed E-state index contributed by atoms with van der Waals surface area (Å²) in [5.41, 5.74) is 1.05. The van der Waals surface area contributed by atoms with Gasteiger partial charge in [-0.05, 0) is 18.9 Å². The van der Waals surface area contributed by atoms with E-state index in [1.165, 1.54) is 14.2 Å². The van der Waals surface area contributed by atoms with Crippen molar-refractivity contribution in [3.63, 3.8) is 0 Å². The van der Waals surface area contributed by atoms with Crippen molar-refractivity contribution in [3.05, 3.63) is 42.1 Å². The number of ether oxygens (including phenoxy) is 2. The number of nitrogens with zero attached hydrogens (tertiary/aromatic N) is 6. The van der Waals surface area contributed by atoms with Crippen LogP contribution >= 0.6 is 0 Å². The molecule has 3 aromatic heterocycles. The third-order valence-electron chi connectivity index (χ3n) is 4.93. The van der Waals surface area contributed by atoms with E-state index in [-0.39, 0.29) is 17.7 Å². The maximum atomic E-state index is 12.9. The van der Waals surface area contributed by atoms with Crippen LogP contribution in [0, 0.1) is 0 Å². The van der Waals surface area contributed by atoms with Gasteiger partial charge >= 0.3 is 0 Å². The van der Waals surface area contributed by atoms with Crippen LogP contribution in [0.4, 0.5) is 0 Å². The van der Waals surface area contributed by atoms with Gasteiger partial charge in [0.05, 0.1) is 20.4 Å². The van der Waals surface area contributed by atoms with Gasteiger partial charge in [-0.2, -0.15) is 10.1 Å². The molecule has 1 aliphatic rings. The molecule has 0 spiro atoms. The first kappa shape index (κ1) is 18.8. The van der Waals surface area contributed by atoms with E-state index < -0.39 is 0 Å². The van der Waals surface area contributed by atoms with Crippen molar-refractivity contribution in [1.29, 1.82) is 0 Å². The Kier molecular flexibility index (Phi) is 5.32. The van der Waals surface area contributed by atoms with Crippen molar-refractivity contribution in [3.8, 4) is 23.3 Å². The molecule has 150 valence electrons. The van der Waals surface area contributed by atoms with Crippen molar-refractivity contribution in [1.82, 2.24) is 35.0 Å². The molecule has 0 bridgehead atoms. The number of methoxy groups -OCH3 is 2. The van der Waals surface area contributed by atoms with Crippen molar-refractivity contribution in [2.45, 2.75) is 18.8 Å². The minimum absolute atomic E-state index is 0.103. The van der Waals surface area contributed by atoms with Gasteiger partial charge in [0, 0.05) is 37.5 Å². The van der Waals surface area contributed by atoms with Crippen LogP contribution in [0.25, 0.3) is 11.5 Å². The lowest BCUT2D eigenvalue weighted by atomic mass is 9.95. The molecule has 3 aromatic rings. The quantitative estimate of drug-likeness (QED) is 0.693. The lowest BCUT2D eigenvalue weighted by Crippen LogP contribution is -2.38. The Morgan fingerprint density at radius 2 is 1.97 bits per heavy atom. The molecule has 1 N–H and O–H groups in total. The van der Waals surface area contributed by atoms with E-state index >= 15 is 0 Å². The molecule has 0 radical (unpaired) electrons. The van der Waals surface area contributed by atoms with Crippen LogP contribution in [-0.4, -0.2) is 68.2 Å². The highest BCUT2D eigenvalue weighted by Gasteiger charge is 2.28. The third kappa shape index (κ3) is 3.86. The van der Waals surface area contributed by atoms with E-state index in [1.807, 2.05) is 4.90 Å². The summed E-state index contributed by atoms with van der Waals surface area (Å²) in [6.45, 7) is 1.22. The highest BCUT2D eigenvalue weighted by atomic mass is 16.5. The van der Waals surface area contributed by atoms with Gasteiger partial charge in [-0.25, -0.2) is 9.97 Å². The van der Waals surface area contributed by atoms with Crippen molar-refractivity contribution < 1.29 is 14.3 Å². The fourth-order valence-electron chi connectivity index (χ4n) is 3.37. The van der Waals surface area contributed by atoms with Crippen LogP contribution < -0.4 is 9.47 Å². The number of hydrogen-bond acceptors (Lipinski definition) is 8. The van der Waals surface area contributed by atoms with Gasteiger partial charge in [-0.1, -0.05) is 0 Å². The molecule has 0 unspecified atom stereocenters. The molecular formula is C19H21N7O3. The summed E-state index contributed by atoms with van der Waals surface area (Å²) in [6.07, 6.45) is 6.42. The predicted octanol–water partition coefficient (Wildman–Crippen LogP) is 1.69. The zero-order valence-electron chi connectivity index (χ0n) is 16.2. The second-order valence-corrected chi connectivity index (χ2v) is 6.61. The molecule has 29 heavy (non-hydrogen) atoms. The van der Waals surface area contributed by atoms with E-state index in [2.05, 4.69) is 30.1 Å². The summed E-state index contributed by atoms with van der Waals surface area (Å²) in [5, 5.41) is 7.25. The number of likely N-dealkylation sites (tertiary alicyclic amines) is 1. The number of amides is 1. The normalized spacial score (nSPS) is 14.6. The first-order valence-electron chi connectivity index (χ1n) is 9.26. The predicted molar refractivity (Wildman–Crippen MR) is 103 cm³/mol. The average molecular weight is 395 g/mol. The van der Waals surface area contributed by atoms with Gasteiger partial charge in [-0.15, -0.1) is 0 Å². The molecule has 0 atom stereocenters. The zero-order valence-corrected chi connectivity index (χ0v) is 16.2. The maximum absolute atomic E-state index is 12.9. The second-order valence-electron chi connectivity index (χ2n) is 6.61. The summed E-state index contributed by atoms with van der Waals surface area (Å²) in [6, 6.07) is 3.34. The molecule has 0 saturated carbocycles. The lowest BCUT2D eigenvalue weighted by Gasteiger charge is -2.31. The molecule has 1 amide bonds. The van der Waals surface area contributed by atoms with E-state index in [9.17, 15) is 4.79 Å². The Morgan fingerprint density at radius 3 is 2.66 bits per heavy atom. The number of rotatable bonds is 5. The van der Waals surface area contributed by atoms with Crippen LogP contribution in [0.3, 0.4) is 0 Å². The average Bonchev–Trinajstić information content (AvgIpc) is 3.29. The molecule has 4 rings (SSSR count). The van der Waals surface area contributed by atoms with E-state index in [1.54, 1.807) is 30.7 Å². The number of aromatic amines is 1. The molecular weight excluding hydrogens is 374 g/mol. The van der Waals surface area contributed by atoms with Gasteiger partial charge in [-0.3, -0.25) is 14.9 Å². The monoisotopic (exact) mass is 395 g/mol. The number of piperidine rings is 1. The SMILES string of the molecule is COc1ccc(C(=O)N2CCC(c3nc(-c4cnccn4)n[nH]3)CC2)c(OC)n1. The number of aromatic nitrogens is 6. The molecule has 4 heterocycles. The highest BCUT2D eigenvalue weighted by molar-refractivity contribution is 5.96. The van der Waals surface area contributed by atoms with Gasteiger partial charge in [0.1, 0.15) is 17.1 Å². The van der Waals surface area contributed by atoms with Crippen LogP contribution in [-0.2, 0) is 0 Å². The van der Waals surface area contributed by atoms with Crippen molar-refractivity contribution in [2.24, 2.45) is 0 Å². The molecule has 1 aliphatic heterocycles. The number of nitrogens with one attached hydrogen (secondary N) is 1. The molecule has 10 nitrogen and oxygen atoms in total. The lowest BCUT2D eigenvalue weighted by molar-refractivity contribution is 0.0706. The first-order chi connectivity index (χ1) is 14.2. The summed E-state index contributed by atoms with van der Waals surface area (Å²) in [7, 11) is 3.01. The zero-order chi connectivity index (χ0) is 20.2. The van der Waals surface area contributed by atoms with Gasteiger partial charge in [0.25, 0.3) is 5.91 Å². The Labute approximate surface area is 167 Å². The Hall–Kier alpha value is -3.56. The summed E-state index contributed by atoms with van der Waals surface area (Å²) in [5.74, 6) is 2.10. The number of pyridine rings is 1. The van der Waals surface area contributed by atoms with Gasteiger partial charge < -0.3 is 14.4 Å². The minimum atomic E-state index is -0.103. The van der Waals surface area contributed by atoms with Crippen LogP contribution in [0.2, 0.25) is 0 Å². The highest BCUT2D eigenvalue weighted by Crippen LogP contribution is 2.29. The topological polar surface area (TPSA) is 119 Å².